The molecule has 4 aromatic rings. The van der Waals surface area contributed by atoms with Crippen molar-refractivity contribution in [2.75, 3.05) is 18.0 Å². The van der Waals surface area contributed by atoms with Crippen LogP contribution >= 0.6 is 0 Å². The summed E-state index contributed by atoms with van der Waals surface area (Å²) in [5.41, 5.74) is 1.60. The van der Waals surface area contributed by atoms with Crippen LogP contribution in [-0.2, 0) is 13.1 Å². The monoisotopic (exact) mass is 379 g/mol. The van der Waals surface area contributed by atoms with Gasteiger partial charge in [0.15, 0.2) is 17.3 Å². The Morgan fingerprint density at radius 3 is 2.79 bits per heavy atom. The van der Waals surface area contributed by atoms with E-state index in [1.807, 2.05) is 0 Å². The number of rotatable bonds is 5. The number of anilines is 1. The first-order valence-corrected chi connectivity index (χ1v) is 9.47. The molecule has 5 heterocycles. The number of piperidine rings is 1. The lowest BCUT2D eigenvalue weighted by Gasteiger charge is -2.32. The number of aromatic amines is 1. The molecule has 1 saturated heterocycles. The van der Waals surface area contributed by atoms with Gasteiger partial charge in [0.1, 0.15) is 36.9 Å². The van der Waals surface area contributed by atoms with E-state index in [9.17, 15) is 0 Å². The fourth-order valence-electron chi connectivity index (χ4n) is 3.91. The van der Waals surface area contributed by atoms with Crippen molar-refractivity contribution in [1.82, 2.24) is 49.5 Å². The molecule has 0 unspecified atom stereocenters. The van der Waals surface area contributed by atoms with Crippen LogP contribution in [-0.4, -0.2) is 62.6 Å². The summed E-state index contributed by atoms with van der Waals surface area (Å²) in [5, 5.41) is 13.1. The van der Waals surface area contributed by atoms with Crippen LogP contribution in [0.2, 0.25) is 0 Å². The first-order valence-electron chi connectivity index (χ1n) is 9.47. The van der Waals surface area contributed by atoms with E-state index in [4.69, 9.17) is 0 Å². The molecule has 4 aromatic heterocycles. The Balaban J connectivity index is 1.33. The highest BCUT2D eigenvalue weighted by Gasteiger charge is 2.27. The van der Waals surface area contributed by atoms with Crippen molar-refractivity contribution < 1.29 is 0 Å². The topological polar surface area (TPSA) is 119 Å². The van der Waals surface area contributed by atoms with Gasteiger partial charge in [0.05, 0.1) is 6.33 Å². The molecule has 0 aliphatic carbocycles. The Morgan fingerprint density at radius 2 is 2.00 bits per heavy atom. The van der Waals surface area contributed by atoms with Gasteiger partial charge < -0.3 is 14.5 Å². The van der Waals surface area contributed by atoms with Crippen LogP contribution in [0.15, 0.2) is 25.3 Å². The Hall–Kier alpha value is -3.37. The fraction of sp³-hybridized carbons (Fsp3) is 0.471. The molecule has 144 valence electrons. The number of nitrogens with zero attached hydrogens (tertiary/aromatic N) is 10. The minimum Gasteiger partial charge on any atom is -0.355 e. The largest absolute Gasteiger partial charge is 0.355 e. The lowest BCUT2D eigenvalue weighted by molar-refractivity contribution is 0.461. The van der Waals surface area contributed by atoms with Gasteiger partial charge in [-0.25, -0.2) is 24.6 Å². The average Bonchev–Trinajstić information content (AvgIpc) is 3.49. The number of imidazole rings is 1. The summed E-state index contributed by atoms with van der Waals surface area (Å²) in [6.45, 7) is 5.37. The van der Waals surface area contributed by atoms with Gasteiger partial charge >= 0.3 is 0 Å². The van der Waals surface area contributed by atoms with Gasteiger partial charge in [-0.05, 0) is 19.8 Å². The molecule has 0 bridgehead atoms. The Morgan fingerprint density at radius 1 is 1.11 bits per heavy atom. The maximum absolute atomic E-state index is 4.52. The third-order valence-corrected chi connectivity index (χ3v) is 5.30. The number of hydrogen-bond donors (Lipinski definition) is 1. The zero-order chi connectivity index (χ0) is 18.9. The Kier molecular flexibility index (Phi) is 4.18. The van der Waals surface area contributed by atoms with Gasteiger partial charge in [-0.3, -0.25) is 0 Å². The molecule has 11 nitrogen and oxygen atoms in total. The molecular weight excluding hydrogens is 358 g/mol. The molecule has 1 aliphatic rings. The van der Waals surface area contributed by atoms with E-state index >= 15 is 0 Å². The molecule has 28 heavy (non-hydrogen) atoms. The molecule has 1 N–H and O–H groups in total. The zero-order valence-electron chi connectivity index (χ0n) is 15.6. The molecule has 0 aromatic carbocycles. The molecule has 11 heteroatoms. The van der Waals surface area contributed by atoms with Crippen LogP contribution in [0.1, 0.15) is 37.3 Å². The Labute approximate surface area is 160 Å². The van der Waals surface area contributed by atoms with Crippen LogP contribution in [0.3, 0.4) is 0 Å². The molecule has 0 radical (unpaired) electrons. The number of hydrogen-bond acceptors (Lipinski definition) is 8. The van der Waals surface area contributed by atoms with E-state index in [2.05, 4.69) is 56.6 Å². The number of H-pyrrole nitrogens is 1. The Bertz CT molecular complexity index is 1060. The van der Waals surface area contributed by atoms with Gasteiger partial charge in [0.25, 0.3) is 0 Å². The number of nitrogens with one attached hydrogen (secondary N) is 1. The smallest absolute Gasteiger partial charge is 0.182 e. The summed E-state index contributed by atoms with van der Waals surface area (Å²) < 4.78 is 3.98. The van der Waals surface area contributed by atoms with Crippen molar-refractivity contribution in [3.05, 3.63) is 37.0 Å². The molecule has 0 spiro atoms. The number of fused-ring (bicyclic) bond motifs is 1. The summed E-state index contributed by atoms with van der Waals surface area (Å²) in [4.78, 5) is 22.3. The zero-order valence-corrected chi connectivity index (χ0v) is 15.6. The fourth-order valence-corrected chi connectivity index (χ4v) is 3.91. The van der Waals surface area contributed by atoms with Crippen LogP contribution in [0, 0.1) is 0 Å². The molecule has 0 saturated carbocycles. The van der Waals surface area contributed by atoms with Crippen LogP contribution in [0.25, 0.3) is 11.2 Å². The lowest BCUT2D eigenvalue weighted by atomic mass is 9.96. The van der Waals surface area contributed by atoms with E-state index in [0.717, 1.165) is 55.5 Å². The standard InChI is InChI=1S/C17H21N11/c1-2-28-13(7-27-11-18-8-23-27)24-25-16(28)12-3-5-26(6-4-12)17-14-15(20-9-19-14)21-10-22-17/h8-12H,2-7H2,1H3,(H,19,20,21,22). The van der Waals surface area contributed by atoms with E-state index in [0.29, 0.717) is 18.1 Å². The highest BCUT2D eigenvalue weighted by Crippen LogP contribution is 2.31. The summed E-state index contributed by atoms with van der Waals surface area (Å²) in [6.07, 6.45) is 8.48. The van der Waals surface area contributed by atoms with Crippen molar-refractivity contribution in [2.24, 2.45) is 0 Å². The van der Waals surface area contributed by atoms with Crippen LogP contribution in [0.4, 0.5) is 5.82 Å². The minimum absolute atomic E-state index is 0.382. The summed E-state index contributed by atoms with van der Waals surface area (Å²) in [5.74, 6) is 3.28. The van der Waals surface area contributed by atoms with E-state index in [1.165, 1.54) is 6.33 Å². The average molecular weight is 379 g/mol. The molecule has 0 amide bonds. The van der Waals surface area contributed by atoms with Crippen molar-refractivity contribution in [1.29, 1.82) is 0 Å². The quantitative estimate of drug-likeness (QED) is 0.545. The van der Waals surface area contributed by atoms with Gasteiger partial charge in [-0.2, -0.15) is 5.10 Å². The van der Waals surface area contributed by atoms with Crippen molar-refractivity contribution in [3.63, 3.8) is 0 Å². The van der Waals surface area contributed by atoms with Crippen LogP contribution < -0.4 is 4.90 Å². The molecule has 0 atom stereocenters. The van der Waals surface area contributed by atoms with E-state index in [1.54, 1.807) is 23.7 Å². The SMILES string of the molecule is CCn1c(Cn2cncn2)nnc1C1CCN(c2ncnc3nc[nH]c23)CC1. The summed E-state index contributed by atoms with van der Waals surface area (Å²) in [7, 11) is 0. The summed E-state index contributed by atoms with van der Waals surface area (Å²) in [6, 6.07) is 0. The predicted molar refractivity (Wildman–Crippen MR) is 101 cm³/mol. The molecule has 5 rings (SSSR count). The second-order valence-electron chi connectivity index (χ2n) is 6.87. The number of aromatic nitrogens is 10. The van der Waals surface area contributed by atoms with Crippen LogP contribution in [0.5, 0.6) is 0 Å². The molecule has 1 aliphatic heterocycles. The van der Waals surface area contributed by atoms with E-state index < -0.39 is 0 Å². The third-order valence-electron chi connectivity index (χ3n) is 5.30. The van der Waals surface area contributed by atoms with E-state index in [-0.39, 0.29) is 0 Å². The maximum atomic E-state index is 4.52. The van der Waals surface area contributed by atoms with Gasteiger partial charge in [0, 0.05) is 25.6 Å². The highest BCUT2D eigenvalue weighted by molar-refractivity contribution is 5.82. The lowest BCUT2D eigenvalue weighted by Crippen LogP contribution is -2.34. The molecule has 1 fully saturated rings. The van der Waals surface area contributed by atoms with Gasteiger partial charge in [-0.15, -0.1) is 10.2 Å². The van der Waals surface area contributed by atoms with Gasteiger partial charge in [-0.1, -0.05) is 0 Å². The maximum Gasteiger partial charge on any atom is 0.182 e. The second kappa shape index (κ2) is 6.98. The van der Waals surface area contributed by atoms with Crippen molar-refractivity contribution in [3.8, 4) is 0 Å². The first-order chi connectivity index (χ1) is 13.8. The molecular formula is C17H21N11. The second-order valence-corrected chi connectivity index (χ2v) is 6.87. The first kappa shape index (κ1) is 16.8. The van der Waals surface area contributed by atoms with Gasteiger partial charge in [0.2, 0.25) is 0 Å². The van der Waals surface area contributed by atoms with Crippen molar-refractivity contribution >= 4 is 17.0 Å². The highest BCUT2D eigenvalue weighted by atomic mass is 15.4. The third kappa shape index (κ3) is 2.88. The minimum atomic E-state index is 0.382. The summed E-state index contributed by atoms with van der Waals surface area (Å²) >= 11 is 0. The normalized spacial score (nSPS) is 15.5. The predicted octanol–water partition coefficient (Wildman–Crippen LogP) is 0.988. The van der Waals surface area contributed by atoms with Crippen molar-refractivity contribution in [2.45, 2.75) is 38.8 Å².